The molecular formula is C29H28F3N5O4S. The number of pyridine rings is 1. The SMILES string of the molecule is Cc1ccc(NC(=O)c2cccc(C(F)(F)F)c2)cc1-n1cc(-c2cnccc2OCC2CCN(S(C)(=O)=O)C2)cn1. The van der Waals surface area contributed by atoms with E-state index in [4.69, 9.17) is 4.74 Å². The van der Waals surface area contributed by atoms with Gasteiger partial charge in [0.05, 0.1) is 30.3 Å². The second kappa shape index (κ2) is 11.6. The summed E-state index contributed by atoms with van der Waals surface area (Å²) >= 11 is 0. The predicted octanol–water partition coefficient (Wildman–Crippen LogP) is 5.17. The molecule has 0 radical (unpaired) electrons. The maximum atomic E-state index is 13.1. The van der Waals surface area contributed by atoms with Crippen molar-refractivity contribution in [2.45, 2.75) is 19.5 Å². The number of carbonyl (C=O) groups is 1. The zero-order valence-electron chi connectivity index (χ0n) is 22.8. The molecule has 2 aromatic heterocycles. The van der Waals surface area contributed by atoms with Crippen LogP contribution in [0.5, 0.6) is 5.75 Å². The Morgan fingerprint density at radius 1 is 1.14 bits per heavy atom. The highest BCUT2D eigenvalue weighted by Crippen LogP contribution is 2.32. The van der Waals surface area contributed by atoms with Crippen molar-refractivity contribution >= 4 is 21.6 Å². The number of alkyl halides is 3. The first-order valence-electron chi connectivity index (χ1n) is 13.0. The van der Waals surface area contributed by atoms with Gasteiger partial charge in [0, 0.05) is 60.0 Å². The van der Waals surface area contributed by atoms with Crippen molar-refractivity contribution < 1.29 is 31.1 Å². The molecule has 1 atom stereocenters. The first-order chi connectivity index (χ1) is 19.9. The average molecular weight is 600 g/mol. The van der Waals surface area contributed by atoms with Crippen LogP contribution in [0.4, 0.5) is 18.9 Å². The molecule has 0 aliphatic carbocycles. The van der Waals surface area contributed by atoms with E-state index < -0.39 is 27.7 Å². The van der Waals surface area contributed by atoms with E-state index in [1.165, 1.54) is 22.7 Å². The summed E-state index contributed by atoms with van der Waals surface area (Å²) in [7, 11) is -3.24. The fourth-order valence-electron chi connectivity index (χ4n) is 4.73. The molecule has 1 amide bonds. The second-order valence-electron chi connectivity index (χ2n) is 10.2. The van der Waals surface area contributed by atoms with Crippen LogP contribution in [0, 0.1) is 12.8 Å². The largest absolute Gasteiger partial charge is 0.492 e. The number of halogens is 3. The molecule has 5 rings (SSSR count). The Balaban J connectivity index is 1.32. The Bertz CT molecular complexity index is 1720. The van der Waals surface area contributed by atoms with E-state index in [0.717, 1.165) is 23.3 Å². The van der Waals surface area contributed by atoms with Crippen LogP contribution in [0.3, 0.4) is 0 Å². The number of aromatic nitrogens is 3. The third-order valence-corrected chi connectivity index (χ3v) is 8.30. The Hall–Kier alpha value is -4.23. The summed E-state index contributed by atoms with van der Waals surface area (Å²) in [6.45, 7) is 3.11. The molecular weight excluding hydrogens is 571 g/mol. The van der Waals surface area contributed by atoms with E-state index in [1.807, 2.05) is 6.92 Å². The number of amides is 1. The lowest BCUT2D eigenvalue weighted by molar-refractivity contribution is -0.137. The van der Waals surface area contributed by atoms with Gasteiger partial charge in [-0.2, -0.15) is 18.3 Å². The van der Waals surface area contributed by atoms with E-state index in [2.05, 4.69) is 15.4 Å². The standard InChI is InChI=1S/C29H28F3N5O4S/c1-19-6-7-24(35-28(38)21-4-3-5-23(12-21)29(30,31)32)13-26(19)37-17-22(14-34-37)25-15-33-10-8-27(25)41-18-20-9-11-36(16-20)42(2,39)40/h3-8,10,12-15,17,20H,9,11,16,18H2,1-2H3,(H,35,38). The Labute approximate surface area is 241 Å². The van der Waals surface area contributed by atoms with Crippen molar-refractivity contribution in [2.24, 2.45) is 5.92 Å². The fourth-order valence-corrected chi connectivity index (χ4v) is 5.65. The van der Waals surface area contributed by atoms with E-state index in [0.29, 0.717) is 48.8 Å². The van der Waals surface area contributed by atoms with Gasteiger partial charge in [0.2, 0.25) is 10.0 Å². The fraction of sp³-hybridized carbons (Fsp3) is 0.276. The summed E-state index contributed by atoms with van der Waals surface area (Å²) in [5.41, 5.74) is 2.30. The number of aryl methyl sites for hydroxylation is 1. The summed E-state index contributed by atoms with van der Waals surface area (Å²) in [6.07, 6.45) is 4.07. The number of benzene rings is 2. The first kappa shape index (κ1) is 29.3. The van der Waals surface area contributed by atoms with Crippen molar-refractivity contribution in [3.05, 3.63) is 90.0 Å². The van der Waals surface area contributed by atoms with Gasteiger partial charge in [0.25, 0.3) is 5.91 Å². The Morgan fingerprint density at radius 2 is 1.95 bits per heavy atom. The topological polar surface area (TPSA) is 106 Å². The second-order valence-corrected chi connectivity index (χ2v) is 12.1. The van der Waals surface area contributed by atoms with Crippen LogP contribution in [0.25, 0.3) is 16.8 Å². The van der Waals surface area contributed by atoms with Gasteiger partial charge in [0.1, 0.15) is 5.75 Å². The lowest BCUT2D eigenvalue weighted by atomic mass is 10.1. The predicted molar refractivity (Wildman–Crippen MR) is 151 cm³/mol. The number of anilines is 1. The van der Waals surface area contributed by atoms with Gasteiger partial charge in [-0.3, -0.25) is 9.78 Å². The normalized spacial score (nSPS) is 16.0. The summed E-state index contributed by atoms with van der Waals surface area (Å²) < 4.78 is 72.1. The number of hydrogen-bond donors (Lipinski definition) is 1. The zero-order chi connectivity index (χ0) is 30.1. The van der Waals surface area contributed by atoms with Crippen LogP contribution in [0.15, 0.2) is 73.3 Å². The van der Waals surface area contributed by atoms with Crippen LogP contribution in [-0.4, -0.2) is 59.3 Å². The number of carbonyl (C=O) groups excluding carboxylic acids is 1. The van der Waals surface area contributed by atoms with Gasteiger partial charge in [0.15, 0.2) is 0 Å². The molecule has 220 valence electrons. The monoisotopic (exact) mass is 599 g/mol. The van der Waals surface area contributed by atoms with E-state index >= 15 is 0 Å². The molecule has 1 aliphatic rings. The summed E-state index contributed by atoms with van der Waals surface area (Å²) in [4.78, 5) is 16.9. The van der Waals surface area contributed by atoms with Gasteiger partial charge in [-0.05, 0) is 55.3 Å². The molecule has 0 spiro atoms. The Kier molecular flexibility index (Phi) is 8.06. The molecule has 1 fully saturated rings. The molecule has 1 saturated heterocycles. The number of rotatable bonds is 8. The van der Waals surface area contributed by atoms with E-state index in [-0.39, 0.29) is 11.5 Å². The van der Waals surface area contributed by atoms with Gasteiger partial charge >= 0.3 is 6.18 Å². The molecule has 13 heteroatoms. The van der Waals surface area contributed by atoms with Crippen LogP contribution < -0.4 is 10.1 Å². The Morgan fingerprint density at radius 3 is 2.69 bits per heavy atom. The van der Waals surface area contributed by atoms with Crippen molar-refractivity contribution in [3.63, 3.8) is 0 Å². The number of ether oxygens (including phenoxy) is 1. The van der Waals surface area contributed by atoms with Gasteiger partial charge < -0.3 is 10.1 Å². The molecule has 1 aliphatic heterocycles. The number of sulfonamides is 1. The smallest absolute Gasteiger partial charge is 0.416 e. The van der Waals surface area contributed by atoms with Crippen molar-refractivity contribution in [2.75, 3.05) is 31.3 Å². The molecule has 1 unspecified atom stereocenters. The third-order valence-electron chi connectivity index (χ3n) is 7.03. The number of nitrogens with one attached hydrogen (secondary N) is 1. The van der Waals surface area contributed by atoms with Gasteiger partial charge in [-0.25, -0.2) is 17.4 Å². The van der Waals surface area contributed by atoms with Crippen LogP contribution in [-0.2, 0) is 16.2 Å². The maximum Gasteiger partial charge on any atom is 0.416 e. The number of hydrogen-bond acceptors (Lipinski definition) is 6. The lowest BCUT2D eigenvalue weighted by Crippen LogP contribution is -2.28. The van der Waals surface area contributed by atoms with Crippen LogP contribution >= 0.6 is 0 Å². The summed E-state index contributed by atoms with van der Waals surface area (Å²) in [6, 6.07) is 11.1. The van der Waals surface area contributed by atoms with Gasteiger partial charge in [-0.15, -0.1) is 0 Å². The minimum Gasteiger partial charge on any atom is -0.492 e. The lowest BCUT2D eigenvalue weighted by Gasteiger charge is -2.15. The minimum atomic E-state index is -4.56. The zero-order valence-corrected chi connectivity index (χ0v) is 23.6. The van der Waals surface area contributed by atoms with E-state index in [9.17, 15) is 26.4 Å². The first-order valence-corrected chi connectivity index (χ1v) is 14.9. The molecule has 42 heavy (non-hydrogen) atoms. The minimum absolute atomic E-state index is 0.0694. The molecule has 2 aromatic carbocycles. The molecule has 9 nitrogen and oxygen atoms in total. The molecule has 4 aromatic rings. The summed E-state index contributed by atoms with van der Waals surface area (Å²) in [5, 5.41) is 7.14. The highest BCUT2D eigenvalue weighted by atomic mass is 32.2. The molecule has 0 bridgehead atoms. The average Bonchev–Trinajstić information content (AvgIpc) is 3.63. The maximum absolute atomic E-state index is 13.1. The van der Waals surface area contributed by atoms with Crippen molar-refractivity contribution in [3.8, 4) is 22.6 Å². The van der Waals surface area contributed by atoms with Crippen LogP contribution in [0.1, 0.15) is 27.9 Å². The summed E-state index contributed by atoms with van der Waals surface area (Å²) in [5.74, 6) is -0.0164. The quantitative estimate of drug-likeness (QED) is 0.300. The third kappa shape index (κ3) is 6.63. The molecule has 3 heterocycles. The van der Waals surface area contributed by atoms with Crippen molar-refractivity contribution in [1.29, 1.82) is 0 Å². The highest BCUT2D eigenvalue weighted by molar-refractivity contribution is 7.88. The van der Waals surface area contributed by atoms with Crippen LogP contribution in [0.2, 0.25) is 0 Å². The molecule has 1 N–H and O–H groups in total. The highest BCUT2D eigenvalue weighted by Gasteiger charge is 2.31. The van der Waals surface area contributed by atoms with Crippen molar-refractivity contribution in [1.82, 2.24) is 19.1 Å². The van der Waals surface area contributed by atoms with E-state index in [1.54, 1.807) is 53.7 Å². The van der Waals surface area contributed by atoms with Gasteiger partial charge in [-0.1, -0.05) is 12.1 Å². The number of nitrogens with zero attached hydrogens (tertiary/aromatic N) is 4. The molecule has 0 saturated carbocycles.